The lowest BCUT2D eigenvalue weighted by Gasteiger charge is -2.32. The first-order valence-corrected chi connectivity index (χ1v) is 6.29. The van der Waals surface area contributed by atoms with Gasteiger partial charge in [-0.2, -0.15) is 0 Å². The number of halogens is 1. The van der Waals surface area contributed by atoms with E-state index in [2.05, 4.69) is 0 Å². The first-order chi connectivity index (χ1) is 8.27. The van der Waals surface area contributed by atoms with Crippen molar-refractivity contribution in [3.05, 3.63) is 28.8 Å². The van der Waals surface area contributed by atoms with Crippen molar-refractivity contribution in [2.75, 3.05) is 20.3 Å². The van der Waals surface area contributed by atoms with Crippen LogP contribution in [0.25, 0.3) is 0 Å². The maximum atomic E-state index is 6.26. The van der Waals surface area contributed by atoms with Gasteiger partial charge in [-0.15, -0.1) is 0 Å². The van der Waals surface area contributed by atoms with Gasteiger partial charge in [-0.25, -0.2) is 0 Å². The molecule has 17 heavy (non-hydrogen) atoms. The van der Waals surface area contributed by atoms with Crippen LogP contribution < -0.4 is 10.5 Å². The Bertz CT molecular complexity index is 384. The first kappa shape index (κ1) is 12.7. The zero-order chi connectivity index (χ0) is 12.3. The summed E-state index contributed by atoms with van der Waals surface area (Å²) < 4.78 is 11.2. The number of ether oxygens (including phenoxy) is 2. The van der Waals surface area contributed by atoms with Crippen LogP contribution in [0.5, 0.6) is 5.75 Å². The van der Waals surface area contributed by atoms with E-state index in [-0.39, 0.29) is 6.10 Å². The Balaban J connectivity index is 2.36. The van der Waals surface area contributed by atoms with E-state index in [4.69, 9.17) is 26.8 Å². The fraction of sp³-hybridized carbons (Fsp3) is 0.538. The molecule has 0 saturated carbocycles. The average Bonchev–Trinajstić information content (AvgIpc) is 2.38. The molecule has 2 rings (SSSR count). The molecule has 1 aromatic rings. The second-order valence-corrected chi connectivity index (χ2v) is 4.69. The Hall–Kier alpha value is -0.770. The van der Waals surface area contributed by atoms with Crippen molar-refractivity contribution in [2.45, 2.75) is 18.9 Å². The molecule has 1 aliphatic rings. The summed E-state index contributed by atoms with van der Waals surface area (Å²) in [5.74, 6) is 1.10. The van der Waals surface area contributed by atoms with Crippen molar-refractivity contribution < 1.29 is 9.47 Å². The molecule has 0 radical (unpaired) electrons. The fourth-order valence-corrected chi connectivity index (χ4v) is 2.65. The van der Waals surface area contributed by atoms with Crippen LogP contribution in [0.15, 0.2) is 18.2 Å². The van der Waals surface area contributed by atoms with Gasteiger partial charge in [0.25, 0.3) is 0 Å². The van der Waals surface area contributed by atoms with E-state index >= 15 is 0 Å². The second kappa shape index (κ2) is 5.71. The van der Waals surface area contributed by atoms with Gasteiger partial charge in [0.15, 0.2) is 0 Å². The third-order valence-electron chi connectivity index (χ3n) is 3.26. The zero-order valence-corrected chi connectivity index (χ0v) is 10.7. The van der Waals surface area contributed by atoms with Crippen molar-refractivity contribution in [3.63, 3.8) is 0 Å². The van der Waals surface area contributed by atoms with Gasteiger partial charge in [-0.05, 0) is 31.5 Å². The minimum absolute atomic E-state index is 0.0441. The maximum Gasteiger partial charge on any atom is 0.126 e. The number of rotatable bonds is 3. The van der Waals surface area contributed by atoms with E-state index in [0.29, 0.717) is 17.5 Å². The quantitative estimate of drug-likeness (QED) is 0.903. The smallest absolute Gasteiger partial charge is 0.126 e. The van der Waals surface area contributed by atoms with Crippen LogP contribution in [0.1, 0.15) is 24.5 Å². The third kappa shape index (κ3) is 2.57. The van der Waals surface area contributed by atoms with Gasteiger partial charge < -0.3 is 15.2 Å². The number of hydrogen-bond acceptors (Lipinski definition) is 3. The molecule has 94 valence electrons. The van der Waals surface area contributed by atoms with Crippen LogP contribution in [0.3, 0.4) is 0 Å². The Morgan fingerprint density at radius 3 is 3.06 bits per heavy atom. The Labute approximate surface area is 107 Å². The highest BCUT2D eigenvalue weighted by Gasteiger charge is 2.30. The maximum absolute atomic E-state index is 6.26. The molecule has 2 N–H and O–H groups in total. The van der Waals surface area contributed by atoms with E-state index in [1.54, 1.807) is 7.11 Å². The molecular formula is C13H18ClNO2. The standard InChI is InChI=1S/C13H18ClNO2/c1-16-11-6-2-5-10(14)12(11)13-9(8-15)4-3-7-17-13/h2,5-6,9,13H,3-4,7-8,15H2,1H3. The van der Waals surface area contributed by atoms with Gasteiger partial charge in [-0.1, -0.05) is 17.7 Å². The van der Waals surface area contributed by atoms with Gasteiger partial charge >= 0.3 is 0 Å². The minimum Gasteiger partial charge on any atom is -0.496 e. The topological polar surface area (TPSA) is 44.5 Å². The second-order valence-electron chi connectivity index (χ2n) is 4.29. The summed E-state index contributed by atoms with van der Waals surface area (Å²) in [4.78, 5) is 0. The highest BCUT2D eigenvalue weighted by Crippen LogP contribution is 2.41. The predicted molar refractivity (Wildman–Crippen MR) is 68.5 cm³/mol. The normalized spacial score (nSPS) is 24.6. The third-order valence-corrected chi connectivity index (χ3v) is 3.59. The zero-order valence-electron chi connectivity index (χ0n) is 9.99. The monoisotopic (exact) mass is 255 g/mol. The van der Waals surface area contributed by atoms with E-state index in [0.717, 1.165) is 30.8 Å². The molecule has 4 heteroatoms. The van der Waals surface area contributed by atoms with Crippen LogP contribution >= 0.6 is 11.6 Å². The van der Waals surface area contributed by atoms with Crippen molar-refractivity contribution in [3.8, 4) is 5.75 Å². The highest BCUT2D eigenvalue weighted by molar-refractivity contribution is 6.31. The number of methoxy groups -OCH3 is 1. The van der Waals surface area contributed by atoms with Gasteiger partial charge in [0, 0.05) is 18.1 Å². The van der Waals surface area contributed by atoms with Crippen LogP contribution in [0.2, 0.25) is 5.02 Å². The van der Waals surface area contributed by atoms with Crippen molar-refractivity contribution in [1.29, 1.82) is 0 Å². The summed E-state index contributed by atoms with van der Waals surface area (Å²) in [6.07, 6.45) is 2.10. The summed E-state index contributed by atoms with van der Waals surface area (Å²) >= 11 is 6.26. The van der Waals surface area contributed by atoms with Gasteiger partial charge in [0.05, 0.1) is 18.2 Å². The van der Waals surface area contributed by atoms with Crippen LogP contribution in [0.4, 0.5) is 0 Å². The molecule has 2 atom stereocenters. The van der Waals surface area contributed by atoms with E-state index in [9.17, 15) is 0 Å². The van der Waals surface area contributed by atoms with Crippen molar-refractivity contribution in [1.82, 2.24) is 0 Å². The minimum atomic E-state index is -0.0441. The molecule has 1 aliphatic heterocycles. The molecule has 1 saturated heterocycles. The largest absolute Gasteiger partial charge is 0.496 e. The molecule has 0 aromatic heterocycles. The van der Waals surface area contributed by atoms with Gasteiger partial charge in [-0.3, -0.25) is 0 Å². The number of hydrogen-bond donors (Lipinski definition) is 1. The average molecular weight is 256 g/mol. The molecule has 2 unspecified atom stereocenters. The lowest BCUT2D eigenvalue weighted by Crippen LogP contribution is -2.29. The summed E-state index contributed by atoms with van der Waals surface area (Å²) in [5, 5.41) is 0.690. The SMILES string of the molecule is COc1cccc(Cl)c1C1OCCCC1CN. The molecule has 0 aliphatic carbocycles. The van der Waals surface area contributed by atoms with Crippen LogP contribution in [0, 0.1) is 5.92 Å². The van der Waals surface area contributed by atoms with E-state index < -0.39 is 0 Å². The molecule has 0 bridgehead atoms. The molecule has 3 nitrogen and oxygen atoms in total. The van der Waals surface area contributed by atoms with E-state index in [1.165, 1.54) is 0 Å². The summed E-state index contributed by atoms with van der Waals surface area (Å²) in [6.45, 7) is 1.37. The van der Waals surface area contributed by atoms with Gasteiger partial charge in [0.2, 0.25) is 0 Å². The molecule has 1 heterocycles. The summed E-state index contributed by atoms with van der Waals surface area (Å²) in [7, 11) is 1.65. The molecule has 0 amide bonds. The van der Waals surface area contributed by atoms with Crippen molar-refractivity contribution >= 4 is 11.6 Å². The Kier molecular flexibility index (Phi) is 4.26. The Morgan fingerprint density at radius 1 is 1.53 bits per heavy atom. The fourth-order valence-electron chi connectivity index (χ4n) is 2.38. The van der Waals surface area contributed by atoms with Crippen LogP contribution in [-0.4, -0.2) is 20.3 Å². The lowest BCUT2D eigenvalue weighted by molar-refractivity contribution is -0.0262. The molecule has 0 spiro atoms. The van der Waals surface area contributed by atoms with Crippen molar-refractivity contribution in [2.24, 2.45) is 11.7 Å². The summed E-state index contributed by atoms with van der Waals surface area (Å²) in [5.41, 5.74) is 6.75. The lowest BCUT2D eigenvalue weighted by atomic mass is 9.89. The molecule has 1 aromatic carbocycles. The first-order valence-electron chi connectivity index (χ1n) is 5.92. The number of benzene rings is 1. The number of nitrogens with two attached hydrogens (primary N) is 1. The van der Waals surface area contributed by atoms with Gasteiger partial charge in [0.1, 0.15) is 5.75 Å². The summed E-state index contributed by atoms with van der Waals surface area (Å²) in [6, 6.07) is 5.66. The molecular weight excluding hydrogens is 238 g/mol. The molecule has 1 fully saturated rings. The Morgan fingerprint density at radius 2 is 2.35 bits per heavy atom. The van der Waals surface area contributed by atoms with Crippen LogP contribution in [-0.2, 0) is 4.74 Å². The van der Waals surface area contributed by atoms with E-state index in [1.807, 2.05) is 18.2 Å². The predicted octanol–water partition coefficient (Wildman–Crippen LogP) is 2.78. The highest BCUT2D eigenvalue weighted by atomic mass is 35.5.